The molecule has 0 heterocycles. The molecule has 0 aromatic heterocycles. The van der Waals surface area contributed by atoms with Gasteiger partial charge in [-0.3, -0.25) is 0 Å². The molecule has 0 aliphatic heterocycles. The zero-order chi connectivity index (χ0) is 12.3. The van der Waals surface area contributed by atoms with E-state index in [9.17, 15) is 0 Å². The Morgan fingerprint density at radius 3 is 2.65 bits per heavy atom. The second-order valence-electron chi connectivity index (χ2n) is 4.27. The highest BCUT2D eigenvalue weighted by molar-refractivity contribution is 9.08. The van der Waals surface area contributed by atoms with Crippen molar-refractivity contribution in [3.05, 3.63) is 22.7 Å². The molecule has 2 rings (SSSR count). The van der Waals surface area contributed by atoms with E-state index in [1.54, 1.807) is 7.11 Å². The monoisotopic (exact) mass is 318 g/mol. The van der Waals surface area contributed by atoms with E-state index < -0.39 is 0 Å². The first-order valence-corrected chi connectivity index (χ1v) is 7.33. The van der Waals surface area contributed by atoms with Crippen LogP contribution in [0.2, 0.25) is 5.02 Å². The lowest BCUT2D eigenvalue weighted by Crippen LogP contribution is -2.12. The molecule has 1 aromatic rings. The molecule has 2 nitrogen and oxygen atoms in total. The van der Waals surface area contributed by atoms with E-state index in [2.05, 4.69) is 15.9 Å². The molecule has 0 amide bonds. The molecule has 94 valence electrons. The fourth-order valence-electron chi connectivity index (χ4n) is 2.14. The first kappa shape index (κ1) is 13.0. The number of ether oxygens (including phenoxy) is 2. The van der Waals surface area contributed by atoms with Crippen molar-refractivity contribution in [1.82, 2.24) is 0 Å². The number of methoxy groups -OCH3 is 1. The molecule has 0 radical (unpaired) electrons. The van der Waals surface area contributed by atoms with Gasteiger partial charge >= 0.3 is 0 Å². The van der Waals surface area contributed by atoms with Crippen molar-refractivity contribution in [3.8, 4) is 11.5 Å². The van der Waals surface area contributed by atoms with Gasteiger partial charge in [0.2, 0.25) is 0 Å². The maximum absolute atomic E-state index is 6.24. The smallest absolute Gasteiger partial charge is 0.180 e. The Bertz CT molecular complexity index is 389. The minimum Gasteiger partial charge on any atom is -0.493 e. The first-order valence-electron chi connectivity index (χ1n) is 5.83. The predicted molar refractivity (Wildman–Crippen MR) is 73.5 cm³/mol. The lowest BCUT2D eigenvalue weighted by Gasteiger charge is -2.17. The van der Waals surface area contributed by atoms with Gasteiger partial charge in [0.1, 0.15) is 0 Å². The van der Waals surface area contributed by atoms with Gasteiger partial charge in [0, 0.05) is 5.33 Å². The van der Waals surface area contributed by atoms with Gasteiger partial charge in [0.05, 0.1) is 18.2 Å². The second kappa shape index (κ2) is 5.96. The SMILES string of the molecule is COc1cc(CBr)cc(Cl)c1OC1CCCC1. The average molecular weight is 320 g/mol. The predicted octanol–water partition coefficient (Wildman–Crippen LogP) is 4.56. The van der Waals surface area contributed by atoms with Crippen molar-refractivity contribution in [1.29, 1.82) is 0 Å². The minimum atomic E-state index is 0.288. The topological polar surface area (TPSA) is 18.5 Å². The summed E-state index contributed by atoms with van der Waals surface area (Å²) in [6, 6.07) is 3.88. The van der Waals surface area contributed by atoms with E-state index in [0.717, 1.165) is 29.5 Å². The van der Waals surface area contributed by atoms with Gasteiger partial charge < -0.3 is 9.47 Å². The molecule has 0 spiro atoms. The molecule has 0 atom stereocenters. The Hall–Kier alpha value is -0.410. The molecule has 4 heteroatoms. The largest absolute Gasteiger partial charge is 0.493 e. The Balaban J connectivity index is 2.24. The van der Waals surface area contributed by atoms with Crippen LogP contribution in [0.3, 0.4) is 0 Å². The van der Waals surface area contributed by atoms with Crippen LogP contribution < -0.4 is 9.47 Å². The Morgan fingerprint density at radius 2 is 2.06 bits per heavy atom. The second-order valence-corrected chi connectivity index (χ2v) is 5.23. The first-order chi connectivity index (χ1) is 8.24. The van der Waals surface area contributed by atoms with Gasteiger partial charge in [-0.1, -0.05) is 27.5 Å². The summed E-state index contributed by atoms with van der Waals surface area (Å²) < 4.78 is 11.3. The Labute approximate surface area is 115 Å². The molecule has 17 heavy (non-hydrogen) atoms. The number of hydrogen-bond donors (Lipinski definition) is 0. The summed E-state index contributed by atoms with van der Waals surface area (Å²) in [5, 5.41) is 1.39. The minimum absolute atomic E-state index is 0.288. The third kappa shape index (κ3) is 3.08. The van der Waals surface area contributed by atoms with Crippen LogP contribution >= 0.6 is 27.5 Å². The van der Waals surface area contributed by atoms with E-state index in [0.29, 0.717) is 10.8 Å². The number of alkyl halides is 1. The van der Waals surface area contributed by atoms with Crippen molar-refractivity contribution in [3.63, 3.8) is 0 Å². The molecule has 0 bridgehead atoms. The number of rotatable bonds is 4. The third-order valence-corrected chi connectivity index (χ3v) is 3.96. The van der Waals surface area contributed by atoms with E-state index in [-0.39, 0.29) is 6.10 Å². The number of benzene rings is 1. The molecule has 1 aromatic carbocycles. The number of hydrogen-bond acceptors (Lipinski definition) is 2. The molecular formula is C13H16BrClO2. The van der Waals surface area contributed by atoms with Gasteiger partial charge in [0.15, 0.2) is 11.5 Å². The fraction of sp³-hybridized carbons (Fsp3) is 0.538. The highest BCUT2D eigenvalue weighted by Gasteiger charge is 2.20. The summed E-state index contributed by atoms with van der Waals surface area (Å²) >= 11 is 9.66. The highest BCUT2D eigenvalue weighted by atomic mass is 79.9. The standard InChI is InChI=1S/C13H16BrClO2/c1-16-12-7-9(8-14)6-11(15)13(12)17-10-4-2-3-5-10/h6-7,10H,2-5,8H2,1H3. The van der Waals surface area contributed by atoms with Crippen molar-refractivity contribution in [2.45, 2.75) is 37.1 Å². The molecule has 1 fully saturated rings. The van der Waals surface area contributed by atoms with Crippen LogP contribution in [0.5, 0.6) is 11.5 Å². The van der Waals surface area contributed by atoms with Crippen LogP contribution in [0.15, 0.2) is 12.1 Å². The van der Waals surface area contributed by atoms with E-state index >= 15 is 0 Å². The summed E-state index contributed by atoms with van der Waals surface area (Å²) in [6.07, 6.45) is 4.99. The lowest BCUT2D eigenvalue weighted by molar-refractivity contribution is 0.201. The van der Waals surface area contributed by atoms with E-state index in [1.165, 1.54) is 12.8 Å². The summed E-state index contributed by atoms with van der Waals surface area (Å²) in [4.78, 5) is 0. The molecule has 0 unspecified atom stereocenters. The van der Waals surface area contributed by atoms with Crippen LogP contribution in [0.25, 0.3) is 0 Å². The zero-order valence-electron chi connectivity index (χ0n) is 9.84. The third-order valence-electron chi connectivity index (χ3n) is 3.03. The Morgan fingerprint density at radius 1 is 1.35 bits per heavy atom. The highest BCUT2D eigenvalue weighted by Crippen LogP contribution is 2.39. The lowest BCUT2D eigenvalue weighted by atomic mass is 10.2. The molecule has 0 N–H and O–H groups in total. The number of halogens is 2. The van der Waals surface area contributed by atoms with Gasteiger partial charge in [-0.05, 0) is 43.4 Å². The van der Waals surface area contributed by atoms with Gasteiger partial charge in [-0.25, -0.2) is 0 Å². The molecule has 1 aliphatic carbocycles. The average Bonchev–Trinajstić information content (AvgIpc) is 2.84. The molecule has 0 saturated heterocycles. The van der Waals surface area contributed by atoms with Crippen molar-refractivity contribution in [2.24, 2.45) is 0 Å². The Kier molecular flexibility index (Phi) is 4.57. The van der Waals surface area contributed by atoms with Crippen LogP contribution in [0.4, 0.5) is 0 Å². The van der Waals surface area contributed by atoms with Crippen molar-refractivity contribution < 1.29 is 9.47 Å². The van der Waals surface area contributed by atoms with Crippen LogP contribution in [-0.2, 0) is 5.33 Å². The quantitative estimate of drug-likeness (QED) is 0.757. The summed E-state index contributed by atoms with van der Waals surface area (Å²) in [5.41, 5.74) is 1.09. The van der Waals surface area contributed by atoms with Crippen LogP contribution in [0.1, 0.15) is 31.2 Å². The van der Waals surface area contributed by atoms with E-state index in [1.807, 2.05) is 12.1 Å². The van der Waals surface area contributed by atoms with Crippen LogP contribution in [0, 0.1) is 0 Å². The summed E-state index contributed by atoms with van der Waals surface area (Å²) in [6.45, 7) is 0. The summed E-state index contributed by atoms with van der Waals surface area (Å²) in [5.74, 6) is 1.41. The molecule has 1 aliphatic rings. The fourth-order valence-corrected chi connectivity index (χ4v) is 2.74. The maximum atomic E-state index is 6.24. The van der Waals surface area contributed by atoms with Crippen molar-refractivity contribution >= 4 is 27.5 Å². The van der Waals surface area contributed by atoms with Gasteiger partial charge in [-0.2, -0.15) is 0 Å². The zero-order valence-corrected chi connectivity index (χ0v) is 12.2. The van der Waals surface area contributed by atoms with Gasteiger partial charge in [0.25, 0.3) is 0 Å². The van der Waals surface area contributed by atoms with E-state index in [4.69, 9.17) is 21.1 Å². The maximum Gasteiger partial charge on any atom is 0.180 e. The van der Waals surface area contributed by atoms with Crippen molar-refractivity contribution in [2.75, 3.05) is 7.11 Å². The summed E-state index contributed by atoms with van der Waals surface area (Å²) in [7, 11) is 1.64. The normalized spacial score (nSPS) is 16.2. The van der Waals surface area contributed by atoms with Crippen LogP contribution in [-0.4, -0.2) is 13.2 Å². The van der Waals surface area contributed by atoms with Gasteiger partial charge in [-0.15, -0.1) is 0 Å². The molecular weight excluding hydrogens is 303 g/mol. The molecule has 1 saturated carbocycles.